The lowest BCUT2D eigenvalue weighted by Crippen LogP contribution is -2.27. The molecule has 0 fully saturated rings. The first-order valence-electron chi connectivity index (χ1n) is 7.80. The first kappa shape index (κ1) is 19.5. The van der Waals surface area contributed by atoms with Gasteiger partial charge in [0.25, 0.3) is 5.91 Å². The Balaban J connectivity index is 2.05. The fourth-order valence-corrected chi connectivity index (χ4v) is 2.19. The highest BCUT2D eigenvalue weighted by Gasteiger charge is 2.29. The average Bonchev–Trinajstić information content (AvgIpc) is 2.59. The van der Waals surface area contributed by atoms with Gasteiger partial charge in [0, 0.05) is 30.6 Å². The van der Waals surface area contributed by atoms with Gasteiger partial charge < -0.3 is 15.4 Å². The summed E-state index contributed by atoms with van der Waals surface area (Å²) < 4.78 is 41.4. The van der Waals surface area contributed by atoms with Crippen molar-refractivity contribution < 1.29 is 22.7 Å². The standard InChI is InChI=1S/C17H19F3N4O2/c1-10-6-13(8-23-16(10)26-9-17(18,19)20)11(2)24-15(25)12-4-5-22-14(7-12)21-3/h4-8,11H,9H2,1-3H3,(H,21,22)(H,24,25). The number of hydrogen-bond acceptors (Lipinski definition) is 5. The number of aryl methyl sites for hydroxylation is 1. The number of hydrogen-bond donors (Lipinski definition) is 2. The lowest BCUT2D eigenvalue weighted by molar-refractivity contribution is -0.154. The minimum Gasteiger partial charge on any atom is -0.468 e. The van der Waals surface area contributed by atoms with Crippen LogP contribution in [-0.4, -0.2) is 35.7 Å². The van der Waals surface area contributed by atoms with Gasteiger partial charge in [-0.15, -0.1) is 0 Å². The van der Waals surface area contributed by atoms with Crippen LogP contribution in [0.3, 0.4) is 0 Å². The van der Waals surface area contributed by atoms with Gasteiger partial charge in [-0.1, -0.05) is 0 Å². The average molecular weight is 368 g/mol. The van der Waals surface area contributed by atoms with E-state index in [2.05, 4.69) is 25.3 Å². The number of pyridine rings is 2. The number of anilines is 1. The van der Waals surface area contributed by atoms with Crippen LogP contribution >= 0.6 is 0 Å². The van der Waals surface area contributed by atoms with Crippen molar-refractivity contribution in [1.82, 2.24) is 15.3 Å². The summed E-state index contributed by atoms with van der Waals surface area (Å²) in [5.41, 5.74) is 1.54. The van der Waals surface area contributed by atoms with Gasteiger partial charge in [0.15, 0.2) is 6.61 Å². The highest BCUT2D eigenvalue weighted by molar-refractivity contribution is 5.95. The van der Waals surface area contributed by atoms with Crippen LogP contribution in [0.5, 0.6) is 5.88 Å². The van der Waals surface area contributed by atoms with E-state index in [1.54, 1.807) is 39.1 Å². The molecule has 2 rings (SSSR count). The normalized spacial score (nSPS) is 12.4. The zero-order chi connectivity index (χ0) is 19.3. The van der Waals surface area contributed by atoms with Crippen LogP contribution in [0.15, 0.2) is 30.6 Å². The summed E-state index contributed by atoms with van der Waals surface area (Å²) in [4.78, 5) is 20.3. The van der Waals surface area contributed by atoms with Gasteiger partial charge >= 0.3 is 6.18 Å². The highest BCUT2D eigenvalue weighted by Crippen LogP contribution is 2.23. The van der Waals surface area contributed by atoms with E-state index < -0.39 is 18.8 Å². The number of aromatic nitrogens is 2. The quantitative estimate of drug-likeness (QED) is 0.819. The number of nitrogens with zero attached hydrogens (tertiary/aromatic N) is 2. The third-order valence-corrected chi connectivity index (χ3v) is 3.55. The summed E-state index contributed by atoms with van der Waals surface area (Å²) in [5, 5.41) is 5.66. The van der Waals surface area contributed by atoms with Crippen LogP contribution in [0.4, 0.5) is 19.0 Å². The molecule has 6 nitrogen and oxygen atoms in total. The molecule has 2 aromatic heterocycles. The molecular weight excluding hydrogens is 349 g/mol. The molecule has 1 atom stereocenters. The third kappa shape index (κ3) is 5.33. The number of carbonyl (C=O) groups is 1. The number of rotatable bonds is 6. The maximum absolute atomic E-state index is 12.3. The first-order chi connectivity index (χ1) is 12.2. The highest BCUT2D eigenvalue weighted by atomic mass is 19.4. The second-order valence-electron chi connectivity index (χ2n) is 5.67. The van der Waals surface area contributed by atoms with Gasteiger partial charge in [0.05, 0.1) is 6.04 Å². The lowest BCUT2D eigenvalue weighted by Gasteiger charge is -2.16. The Morgan fingerprint density at radius 1 is 1.31 bits per heavy atom. The maximum atomic E-state index is 12.3. The van der Waals surface area contributed by atoms with Gasteiger partial charge in [-0.3, -0.25) is 4.79 Å². The molecule has 1 amide bonds. The van der Waals surface area contributed by atoms with E-state index in [0.717, 1.165) is 0 Å². The second kappa shape index (κ2) is 8.03. The molecule has 2 aromatic rings. The fourth-order valence-electron chi connectivity index (χ4n) is 2.19. The minimum atomic E-state index is -4.43. The van der Waals surface area contributed by atoms with Crippen LogP contribution in [0.25, 0.3) is 0 Å². The molecule has 2 heterocycles. The van der Waals surface area contributed by atoms with Gasteiger partial charge in [0.1, 0.15) is 5.82 Å². The van der Waals surface area contributed by atoms with Crippen molar-refractivity contribution in [1.29, 1.82) is 0 Å². The van der Waals surface area contributed by atoms with Crippen molar-refractivity contribution in [2.75, 3.05) is 19.0 Å². The van der Waals surface area contributed by atoms with E-state index in [1.165, 1.54) is 12.4 Å². The van der Waals surface area contributed by atoms with Gasteiger partial charge in [-0.05, 0) is 37.6 Å². The summed E-state index contributed by atoms with van der Waals surface area (Å²) >= 11 is 0. The number of alkyl halides is 3. The summed E-state index contributed by atoms with van der Waals surface area (Å²) in [7, 11) is 1.70. The van der Waals surface area contributed by atoms with Crippen molar-refractivity contribution >= 4 is 11.7 Å². The van der Waals surface area contributed by atoms with Gasteiger partial charge in [0.2, 0.25) is 5.88 Å². The van der Waals surface area contributed by atoms with Crippen molar-refractivity contribution in [3.05, 3.63) is 47.3 Å². The molecule has 26 heavy (non-hydrogen) atoms. The topological polar surface area (TPSA) is 76.1 Å². The smallest absolute Gasteiger partial charge is 0.422 e. The molecular formula is C17H19F3N4O2. The predicted molar refractivity (Wildman–Crippen MR) is 90.2 cm³/mol. The van der Waals surface area contributed by atoms with Gasteiger partial charge in [-0.2, -0.15) is 13.2 Å². The van der Waals surface area contributed by atoms with Crippen molar-refractivity contribution in [3.8, 4) is 5.88 Å². The molecule has 140 valence electrons. The van der Waals surface area contributed by atoms with E-state index in [-0.39, 0.29) is 11.8 Å². The molecule has 0 saturated carbocycles. The van der Waals surface area contributed by atoms with E-state index in [4.69, 9.17) is 0 Å². The zero-order valence-corrected chi connectivity index (χ0v) is 14.5. The fraction of sp³-hybridized carbons (Fsp3) is 0.353. The Labute approximate surface area is 148 Å². The molecule has 0 bridgehead atoms. The first-order valence-corrected chi connectivity index (χ1v) is 7.80. The van der Waals surface area contributed by atoms with E-state index in [9.17, 15) is 18.0 Å². The van der Waals surface area contributed by atoms with Crippen molar-refractivity contribution in [2.24, 2.45) is 0 Å². The molecule has 0 aromatic carbocycles. The molecule has 0 aliphatic rings. The van der Waals surface area contributed by atoms with Crippen LogP contribution in [0, 0.1) is 6.92 Å². The molecule has 0 aliphatic carbocycles. The number of carbonyl (C=O) groups excluding carboxylic acids is 1. The predicted octanol–water partition coefficient (Wildman–Crippen LogP) is 3.26. The van der Waals surface area contributed by atoms with E-state index in [1.807, 2.05) is 0 Å². The number of halogens is 3. The van der Waals surface area contributed by atoms with Crippen LogP contribution < -0.4 is 15.4 Å². The zero-order valence-electron chi connectivity index (χ0n) is 14.5. The molecule has 0 spiro atoms. The van der Waals surface area contributed by atoms with Gasteiger partial charge in [-0.25, -0.2) is 9.97 Å². The Morgan fingerprint density at radius 3 is 2.65 bits per heavy atom. The third-order valence-electron chi connectivity index (χ3n) is 3.55. The van der Waals surface area contributed by atoms with E-state index >= 15 is 0 Å². The molecule has 0 saturated heterocycles. The van der Waals surface area contributed by atoms with E-state index in [0.29, 0.717) is 22.5 Å². The summed E-state index contributed by atoms with van der Waals surface area (Å²) in [6.45, 7) is 1.95. The number of nitrogens with one attached hydrogen (secondary N) is 2. The number of ether oxygens (including phenoxy) is 1. The summed E-state index contributed by atoms with van der Waals surface area (Å²) in [6.07, 6.45) is -1.52. The summed E-state index contributed by atoms with van der Waals surface area (Å²) in [5.74, 6) is 0.179. The van der Waals surface area contributed by atoms with Crippen LogP contribution in [0.2, 0.25) is 0 Å². The second-order valence-corrected chi connectivity index (χ2v) is 5.67. The SMILES string of the molecule is CNc1cc(C(=O)NC(C)c2cnc(OCC(F)(F)F)c(C)c2)ccn1. The number of amides is 1. The Bertz CT molecular complexity index is 781. The lowest BCUT2D eigenvalue weighted by atomic mass is 10.1. The van der Waals surface area contributed by atoms with Crippen molar-refractivity contribution in [3.63, 3.8) is 0 Å². The minimum absolute atomic E-state index is 0.0857. The Hall–Kier alpha value is -2.84. The van der Waals surface area contributed by atoms with Crippen LogP contribution in [-0.2, 0) is 0 Å². The molecule has 2 N–H and O–H groups in total. The maximum Gasteiger partial charge on any atom is 0.422 e. The molecule has 0 radical (unpaired) electrons. The van der Waals surface area contributed by atoms with Crippen LogP contribution in [0.1, 0.15) is 34.5 Å². The summed E-state index contributed by atoms with van der Waals surface area (Å²) in [6, 6.07) is 4.44. The Kier molecular flexibility index (Phi) is 6.01. The Morgan fingerprint density at radius 2 is 2.04 bits per heavy atom. The molecule has 1 unspecified atom stereocenters. The molecule has 0 aliphatic heterocycles. The monoisotopic (exact) mass is 368 g/mol. The van der Waals surface area contributed by atoms with Crippen molar-refractivity contribution in [2.45, 2.75) is 26.1 Å². The molecule has 9 heteroatoms. The largest absolute Gasteiger partial charge is 0.468 e.